The van der Waals surface area contributed by atoms with Crippen molar-refractivity contribution in [3.05, 3.63) is 146 Å². The number of phenols is 2. The lowest BCUT2D eigenvalue weighted by Crippen LogP contribution is -2.53. The van der Waals surface area contributed by atoms with Crippen LogP contribution in [0.5, 0.6) is 63.2 Å². The van der Waals surface area contributed by atoms with Gasteiger partial charge in [0.25, 0.3) is 0 Å². The maximum atomic E-state index is 13.6. The lowest BCUT2D eigenvalue weighted by molar-refractivity contribution is -0.247. The standard InChI is InChI=1S/C38H42N2O6.C27H29NO11/c1-39-15-13-25-20-32(42-4)34-22-28(25)29(39)17-23-7-10-27(11-8-23)45-33-19-24(9-12-31(33)41-3)18-30-36-26(14-16-40(30)2)21-35(43-5)37(44-6)38(36)46-34;1-10-22(31)13(28)6-17(38-10)39-15-8-27(36,16(30)9-29)7-12-19(15)26(35)21-20(24(12)33)23(32)11-4-3-5-14(37-2)18(11)25(21)34/h7-12,19-22,29-30H,13-18H2,1-6H3;3-5,10,13,15,17,22,29,31,33,35-36H,6-9,28H2,1-2H3/t29-,30-;10-,13-,15-,17-,22+,27-/m00/s1. The highest BCUT2D eigenvalue weighted by Gasteiger charge is 2.50. The van der Waals surface area contributed by atoms with Crippen LogP contribution in [0.25, 0.3) is 0 Å². The van der Waals surface area contributed by atoms with Gasteiger partial charge in [-0.1, -0.05) is 30.3 Å². The molecule has 448 valence electrons. The van der Waals surface area contributed by atoms with Crippen molar-refractivity contribution >= 4 is 17.3 Å². The topological polar surface area (TPSA) is 268 Å². The van der Waals surface area contributed by atoms with Gasteiger partial charge in [-0.05, 0) is 123 Å². The number of rotatable bonds is 9. The second kappa shape index (κ2) is 23.6. The van der Waals surface area contributed by atoms with Gasteiger partial charge in [0.1, 0.15) is 35.2 Å². The number of methoxy groups -OCH3 is 5. The molecule has 6 aromatic rings. The first-order chi connectivity index (χ1) is 40.8. The van der Waals surface area contributed by atoms with Crippen LogP contribution in [0.3, 0.4) is 0 Å². The minimum absolute atomic E-state index is 0.000437. The van der Waals surface area contributed by atoms with E-state index in [0.29, 0.717) is 40.2 Å². The number of carbonyl (C=O) groups is 3. The molecular weight excluding hydrogens is 1090 g/mol. The molecule has 13 rings (SSSR count). The van der Waals surface area contributed by atoms with E-state index in [1.807, 2.05) is 18.2 Å². The summed E-state index contributed by atoms with van der Waals surface area (Å²) < 4.78 is 54.1. The van der Waals surface area contributed by atoms with Gasteiger partial charge in [0.2, 0.25) is 11.5 Å². The number of aliphatic hydroxyl groups is 3. The van der Waals surface area contributed by atoms with Crippen molar-refractivity contribution in [2.45, 2.75) is 100 Å². The van der Waals surface area contributed by atoms with Crippen LogP contribution in [-0.4, -0.2) is 152 Å². The zero-order valence-corrected chi connectivity index (χ0v) is 48.7. The molecule has 0 amide bonds. The van der Waals surface area contributed by atoms with E-state index in [4.69, 9.17) is 48.4 Å². The van der Waals surface area contributed by atoms with E-state index in [9.17, 15) is 39.9 Å². The number of phenolic OH excluding ortho intramolecular Hbond substituents is 2. The zero-order chi connectivity index (χ0) is 60.3. The lowest BCUT2D eigenvalue weighted by atomic mass is 9.72. The van der Waals surface area contributed by atoms with Crippen LogP contribution in [0.2, 0.25) is 0 Å². The Hall–Kier alpha value is -7.79. The van der Waals surface area contributed by atoms with Crippen LogP contribution >= 0.6 is 0 Å². The highest BCUT2D eigenvalue weighted by Crippen LogP contribution is 2.55. The van der Waals surface area contributed by atoms with Gasteiger partial charge >= 0.3 is 0 Å². The van der Waals surface area contributed by atoms with Crippen LogP contribution in [-0.2, 0) is 46.4 Å². The van der Waals surface area contributed by atoms with E-state index in [2.05, 4.69) is 66.4 Å². The third kappa shape index (κ3) is 10.6. The number of aromatic hydroxyl groups is 2. The van der Waals surface area contributed by atoms with E-state index in [1.165, 1.54) is 47.6 Å². The van der Waals surface area contributed by atoms with Gasteiger partial charge in [-0.2, -0.15) is 0 Å². The van der Waals surface area contributed by atoms with E-state index < -0.39 is 95.7 Å². The predicted octanol–water partition coefficient (Wildman–Crippen LogP) is 7.16. The van der Waals surface area contributed by atoms with Crippen molar-refractivity contribution < 1.29 is 82.5 Å². The molecule has 7 N–H and O–H groups in total. The first-order valence-corrected chi connectivity index (χ1v) is 28.3. The molecule has 7 aliphatic rings. The molecule has 20 heteroatoms. The number of fused-ring (bicyclic) bond motifs is 5. The molecule has 20 nitrogen and oxygen atoms in total. The number of hydrogen-bond donors (Lipinski definition) is 6. The van der Waals surface area contributed by atoms with Crippen LogP contribution in [0.15, 0.2) is 78.9 Å². The quantitative estimate of drug-likeness (QED) is 0.0783. The summed E-state index contributed by atoms with van der Waals surface area (Å²) in [4.78, 5) is 44.6. The number of ether oxygens (including phenoxy) is 9. The minimum atomic E-state index is -2.24. The average Bonchev–Trinajstić information content (AvgIpc) is 0.925. The Labute approximate surface area is 492 Å². The molecule has 0 aromatic heterocycles. The highest BCUT2D eigenvalue weighted by molar-refractivity contribution is 6.31. The number of nitrogens with two attached hydrogens (primary N) is 1. The fraction of sp³-hybridized carbons (Fsp3) is 0.400. The summed E-state index contributed by atoms with van der Waals surface area (Å²) in [6.45, 7) is 2.42. The van der Waals surface area contributed by atoms with Gasteiger partial charge in [0.05, 0.1) is 70.6 Å². The van der Waals surface area contributed by atoms with E-state index >= 15 is 0 Å². The van der Waals surface area contributed by atoms with Crippen LogP contribution in [0, 0.1) is 0 Å². The number of ketones is 3. The average molecular weight is 1170 g/mol. The summed E-state index contributed by atoms with van der Waals surface area (Å²) in [5.41, 5.74) is 9.53. The van der Waals surface area contributed by atoms with Gasteiger partial charge in [-0.15, -0.1) is 0 Å². The summed E-state index contributed by atoms with van der Waals surface area (Å²) in [5, 5.41) is 53.7. The Morgan fingerprint density at radius 1 is 0.718 bits per heavy atom. The molecule has 6 bridgehead atoms. The fourth-order valence-electron chi connectivity index (χ4n) is 13.0. The molecule has 1 saturated heterocycles. The molecule has 0 radical (unpaired) electrons. The van der Waals surface area contributed by atoms with Gasteiger partial charge in [0.15, 0.2) is 52.4 Å². The van der Waals surface area contributed by atoms with E-state index in [0.717, 1.165) is 55.6 Å². The molecule has 1 fully saturated rings. The minimum Gasteiger partial charge on any atom is -0.507 e. The third-order valence-electron chi connectivity index (χ3n) is 17.7. The van der Waals surface area contributed by atoms with Crippen molar-refractivity contribution in [3.63, 3.8) is 0 Å². The number of aliphatic hydroxyl groups excluding tert-OH is 2. The van der Waals surface area contributed by atoms with Crippen molar-refractivity contribution in [1.29, 1.82) is 0 Å². The summed E-state index contributed by atoms with van der Waals surface area (Å²) >= 11 is 0. The van der Waals surface area contributed by atoms with Crippen molar-refractivity contribution in [3.8, 4) is 63.2 Å². The van der Waals surface area contributed by atoms with Crippen LogP contribution < -0.4 is 38.9 Å². The summed E-state index contributed by atoms with van der Waals surface area (Å²) in [7, 11) is 12.4. The maximum absolute atomic E-state index is 13.6. The lowest BCUT2D eigenvalue weighted by Gasteiger charge is -2.42. The van der Waals surface area contributed by atoms with Gasteiger partial charge in [-0.25, -0.2) is 0 Å². The molecule has 8 atom stereocenters. The molecule has 0 spiro atoms. The zero-order valence-electron chi connectivity index (χ0n) is 48.7. The number of carbonyl (C=O) groups excluding carboxylic acids is 3. The number of hydrogen-bond acceptors (Lipinski definition) is 20. The molecule has 5 heterocycles. The third-order valence-corrected chi connectivity index (χ3v) is 17.7. The Kier molecular flexibility index (Phi) is 16.4. The Morgan fingerprint density at radius 2 is 1.36 bits per heavy atom. The largest absolute Gasteiger partial charge is 0.507 e. The summed E-state index contributed by atoms with van der Waals surface area (Å²) in [6.07, 6.45) is -1.75. The first kappa shape index (κ1) is 59.0. The Morgan fingerprint density at radius 3 is 2.05 bits per heavy atom. The normalized spacial score (nSPS) is 24.1. The smallest absolute Gasteiger partial charge is 0.204 e. The molecule has 0 saturated carbocycles. The highest BCUT2D eigenvalue weighted by atomic mass is 16.7. The van der Waals surface area contributed by atoms with Crippen LogP contribution in [0.4, 0.5) is 0 Å². The summed E-state index contributed by atoms with van der Waals surface area (Å²) in [5.74, 6) is 1.64. The summed E-state index contributed by atoms with van der Waals surface area (Å²) in [6, 6.07) is 24.8. The van der Waals surface area contributed by atoms with Crippen molar-refractivity contribution in [1.82, 2.24) is 9.80 Å². The monoisotopic (exact) mass is 1170 g/mol. The second-order valence-corrected chi connectivity index (χ2v) is 22.6. The maximum Gasteiger partial charge on any atom is 0.204 e. The van der Waals surface area contributed by atoms with Gasteiger partial charge < -0.3 is 73.9 Å². The SMILES string of the molecule is COc1ccc2cc1Oc1ccc(cc1)C[C@H]1c3cc(c(OC)cc3CCN1C)Oc1c(OC)c(OC)cc3c1[C@H](C2)N(C)CC3.COc1cccc2c1C(=O)c1c(O)c3c(c(O)c1C2=O)C[C@@](O)(C(=O)CO)C[C@@H]3O[C@H]1C[C@H](N)[C@H](O)[C@H](C)O1. The van der Waals surface area contributed by atoms with Crippen molar-refractivity contribution in [2.24, 2.45) is 5.73 Å². The molecular formula is C65H71N3O17. The Bertz CT molecular complexity index is 3600. The predicted molar refractivity (Wildman–Crippen MR) is 309 cm³/mol. The second-order valence-electron chi connectivity index (χ2n) is 22.6. The molecule has 85 heavy (non-hydrogen) atoms. The van der Waals surface area contributed by atoms with Gasteiger partial charge in [-0.3, -0.25) is 24.2 Å². The van der Waals surface area contributed by atoms with Crippen LogP contribution in [0.1, 0.15) is 114 Å². The molecule has 0 unspecified atom stereocenters. The fourth-order valence-corrected chi connectivity index (χ4v) is 13.0. The van der Waals surface area contributed by atoms with Crippen molar-refractivity contribution in [2.75, 3.05) is 69.3 Å². The number of Topliss-reactive ketones (excluding diaryl/α,β-unsaturated/α-hetero) is 1. The number of benzene rings is 6. The van der Waals surface area contributed by atoms with E-state index in [1.54, 1.807) is 35.4 Å². The first-order valence-electron chi connectivity index (χ1n) is 28.3. The van der Waals surface area contributed by atoms with Gasteiger partial charge in [0, 0.05) is 72.7 Å². The molecule has 5 aliphatic heterocycles. The molecule has 6 aromatic carbocycles. The number of nitrogens with zero attached hydrogens (tertiary/aromatic N) is 2. The molecule has 2 aliphatic carbocycles. The number of likely N-dealkylation sites (N-methyl/N-ethyl adjacent to an activating group) is 2. The van der Waals surface area contributed by atoms with E-state index in [-0.39, 0.29) is 46.5 Å². The Balaban J connectivity index is 0.000000180.